The van der Waals surface area contributed by atoms with Crippen molar-refractivity contribution in [3.05, 3.63) is 24.0 Å². The minimum atomic E-state index is -0.0928. The van der Waals surface area contributed by atoms with Crippen molar-refractivity contribution in [2.75, 3.05) is 0 Å². The third kappa shape index (κ3) is 4.38. The molecular formula is C12H21N3O. The third-order valence-corrected chi connectivity index (χ3v) is 2.45. The van der Waals surface area contributed by atoms with Crippen LogP contribution >= 0.6 is 0 Å². The maximum atomic E-state index is 11.5. The average Bonchev–Trinajstić information content (AvgIpc) is 2.61. The number of nitrogens with one attached hydrogen (secondary N) is 2. The van der Waals surface area contributed by atoms with Crippen LogP contribution < -0.4 is 10.6 Å². The van der Waals surface area contributed by atoms with Gasteiger partial charge in [-0.05, 0) is 25.0 Å². The van der Waals surface area contributed by atoms with Crippen molar-refractivity contribution in [1.29, 1.82) is 0 Å². The second kappa shape index (κ2) is 6.20. The van der Waals surface area contributed by atoms with Crippen molar-refractivity contribution in [1.82, 2.24) is 15.2 Å². The molecule has 1 aromatic rings. The van der Waals surface area contributed by atoms with Crippen molar-refractivity contribution < 1.29 is 4.79 Å². The zero-order valence-electron chi connectivity index (χ0n) is 10.3. The van der Waals surface area contributed by atoms with Crippen LogP contribution in [0, 0.1) is 0 Å². The van der Waals surface area contributed by atoms with Gasteiger partial charge in [0, 0.05) is 32.0 Å². The molecule has 2 N–H and O–H groups in total. The summed E-state index contributed by atoms with van der Waals surface area (Å²) < 4.78 is 1.97. The molecule has 0 aliphatic carbocycles. The van der Waals surface area contributed by atoms with E-state index in [9.17, 15) is 4.79 Å². The molecule has 0 bridgehead atoms. The van der Waals surface area contributed by atoms with Crippen LogP contribution in [0.1, 0.15) is 32.3 Å². The Balaban J connectivity index is 2.25. The molecule has 0 aliphatic rings. The van der Waals surface area contributed by atoms with Crippen molar-refractivity contribution in [3.8, 4) is 0 Å². The van der Waals surface area contributed by atoms with Gasteiger partial charge in [0.15, 0.2) is 0 Å². The van der Waals surface area contributed by atoms with E-state index < -0.39 is 0 Å². The number of rotatable bonds is 5. The van der Waals surface area contributed by atoms with E-state index in [1.165, 1.54) is 0 Å². The topological polar surface area (TPSA) is 46.1 Å². The fraction of sp³-hybridized carbons (Fsp3) is 0.583. The highest BCUT2D eigenvalue weighted by Gasteiger charge is 2.05. The van der Waals surface area contributed by atoms with Crippen LogP contribution in [-0.2, 0) is 13.6 Å². The van der Waals surface area contributed by atoms with Gasteiger partial charge < -0.3 is 15.2 Å². The zero-order valence-corrected chi connectivity index (χ0v) is 10.3. The van der Waals surface area contributed by atoms with Gasteiger partial charge in [-0.3, -0.25) is 0 Å². The molecular weight excluding hydrogens is 202 g/mol. The Morgan fingerprint density at radius 1 is 1.56 bits per heavy atom. The number of aryl methyl sites for hydroxylation is 1. The molecule has 1 aromatic heterocycles. The highest BCUT2D eigenvalue weighted by atomic mass is 16.2. The Labute approximate surface area is 97.0 Å². The average molecular weight is 223 g/mol. The van der Waals surface area contributed by atoms with Crippen LogP contribution in [0.3, 0.4) is 0 Å². The second-order valence-corrected chi connectivity index (χ2v) is 4.20. The van der Waals surface area contributed by atoms with Gasteiger partial charge >= 0.3 is 6.03 Å². The van der Waals surface area contributed by atoms with Gasteiger partial charge in [0.2, 0.25) is 0 Å². The first-order valence-corrected chi connectivity index (χ1v) is 5.77. The van der Waals surface area contributed by atoms with Gasteiger partial charge in [-0.1, -0.05) is 13.3 Å². The molecule has 0 aliphatic heterocycles. The predicted molar refractivity (Wildman–Crippen MR) is 65.2 cm³/mol. The molecule has 0 saturated carbocycles. The largest absolute Gasteiger partial charge is 0.357 e. The van der Waals surface area contributed by atoms with E-state index in [0.717, 1.165) is 18.4 Å². The lowest BCUT2D eigenvalue weighted by molar-refractivity contribution is 0.236. The number of aromatic nitrogens is 1. The van der Waals surface area contributed by atoms with Crippen molar-refractivity contribution in [2.45, 2.75) is 39.3 Å². The first kappa shape index (κ1) is 12.6. The molecule has 1 heterocycles. The second-order valence-electron chi connectivity index (χ2n) is 4.20. The number of hydrogen-bond acceptors (Lipinski definition) is 1. The molecule has 0 aromatic carbocycles. The summed E-state index contributed by atoms with van der Waals surface area (Å²) in [4.78, 5) is 11.5. The Kier molecular flexibility index (Phi) is 4.89. The molecule has 4 nitrogen and oxygen atoms in total. The molecule has 0 spiro atoms. The number of amides is 2. The molecule has 2 amide bonds. The van der Waals surface area contributed by atoms with E-state index >= 15 is 0 Å². The molecule has 16 heavy (non-hydrogen) atoms. The first-order valence-electron chi connectivity index (χ1n) is 5.77. The Morgan fingerprint density at radius 2 is 2.31 bits per heavy atom. The number of carbonyl (C=O) groups excluding carboxylic acids is 1. The number of nitrogens with zero attached hydrogens (tertiary/aromatic N) is 1. The lowest BCUT2D eigenvalue weighted by Crippen LogP contribution is -2.40. The molecule has 0 unspecified atom stereocenters. The van der Waals surface area contributed by atoms with Gasteiger partial charge in [-0.2, -0.15) is 0 Å². The summed E-state index contributed by atoms with van der Waals surface area (Å²) in [7, 11) is 1.97. The van der Waals surface area contributed by atoms with Crippen molar-refractivity contribution in [3.63, 3.8) is 0 Å². The molecule has 4 heteroatoms. The monoisotopic (exact) mass is 223 g/mol. The van der Waals surface area contributed by atoms with E-state index in [-0.39, 0.29) is 12.1 Å². The Morgan fingerprint density at radius 3 is 2.88 bits per heavy atom. The van der Waals surface area contributed by atoms with Gasteiger partial charge in [-0.25, -0.2) is 4.79 Å². The van der Waals surface area contributed by atoms with E-state index in [1.54, 1.807) is 0 Å². The number of hydrogen-bond donors (Lipinski definition) is 2. The quantitative estimate of drug-likeness (QED) is 0.788. The smallest absolute Gasteiger partial charge is 0.315 e. The number of urea groups is 1. The predicted octanol–water partition coefficient (Wildman–Crippen LogP) is 2.01. The van der Waals surface area contributed by atoms with Gasteiger partial charge in [0.1, 0.15) is 0 Å². The molecule has 0 fully saturated rings. The molecule has 90 valence electrons. The molecule has 1 atom stereocenters. The van der Waals surface area contributed by atoms with Crippen LogP contribution in [0.4, 0.5) is 4.79 Å². The van der Waals surface area contributed by atoms with Crippen molar-refractivity contribution in [2.24, 2.45) is 7.05 Å². The van der Waals surface area contributed by atoms with Crippen molar-refractivity contribution >= 4 is 6.03 Å². The summed E-state index contributed by atoms with van der Waals surface area (Å²) >= 11 is 0. The van der Waals surface area contributed by atoms with Gasteiger partial charge in [0.05, 0.1) is 0 Å². The van der Waals surface area contributed by atoms with E-state index in [1.807, 2.05) is 37.0 Å². The standard InChI is InChI=1S/C12H21N3O/c1-4-5-10(2)14-12(16)13-8-11-6-7-15(3)9-11/h6-7,9-10H,4-5,8H2,1-3H3,(H2,13,14,16)/t10-/m1/s1. The summed E-state index contributed by atoms with van der Waals surface area (Å²) in [5, 5.41) is 5.74. The van der Waals surface area contributed by atoms with E-state index in [4.69, 9.17) is 0 Å². The minimum absolute atomic E-state index is 0.0928. The number of carbonyl (C=O) groups is 1. The van der Waals surface area contributed by atoms with Gasteiger partial charge in [0.25, 0.3) is 0 Å². The van der Waals surface area contributed by atoms with Crippen LogP contribution in [0.15, 0.2) is 18.5 Å². The Hall–Kier alpha value is -1.45. The fourth-order valence-electron chi connectivity index (χ4n) is 1.63. The fourth-order valence-corrected chi connectivity index (χ4v) is 1.63. The molecule has 0 radical (unpaired) electrons. The molecule has 0 saturated heterocycles. The van der Waals surface area contributed by atoms with Crippen LogP contribution in [-0.4, -0.2) is 16.6 Å². The highest BCUT2D eigenvalue weighted by molar-refractivity contribution is 5.74. The summed E-state index contributed by atoms with van der Waals surface area (Å²) in [6.07, 6.45) is 6.06. The highest BCUT2D eigenvalue weighted by Crippen LogP contribution is 1.98. The minimum Gasteiger partial charge on any atom is -0.357 e. The SMILES string of the molecule is CCC[C@@H](C)NC(=O)NCc1ccn(C)c1. The lowest BCUT2D eigenvalue weighted by atomic mass is 10.2. The summed E-state index contributed by atoms with van der Waals surface area (Å²) in [6.45, 7) is 4.71. The normalized spacial score (nSPS) is 12.2. The van der Waals surface area contributed by atoms with E-state index in [2.05, 4.69) is 17.6 Å². The lowest BCUT2D eigenvalue weighted by Gasteiger charge is -2.13. The zero-order chi connectivity index (χ0) is 12.0. The Bertz CT molecular complexity index is 333. The van der Waals surface area contributed by atoms with Crippen LogP contribution in [0.2, 0.25) is 0 Å². The first-order chi connectivity index (χ1) is 7.61. The van der Waals surface area contributed by atoms with Crippen LogP contribution in [0.25, 0.3) is 0 Å². The van der Waals surface area contributed by atoms with Gasteiger partial charge in [-0.15, -0.1) is 0 Å². The summed E-state index contributed by atoms with van der Waals surface area (Å²) in [5.41, 5.74) is 1.11. The molecule has 1 rings (SSSR count). The van der Waals surface area contributed by atoms with Crippen LogP contribution in [0.5, 0.6) is 0 Å². The maximum absolute atomic E-state index is 11.5. The summed E-state index contributed by atoms with van der Waals surface area (Å²) in [6, 6.07) is 2.14. The summed E-state index contributed by atoms with van der Waals surface area (Å²) in [5.74, 6) is 0. The van der Waals surface area contributed by atoms with E-state index in [0.29, 0.717) is 6.54 Å². The maximum Gasteiger partial charge on any atom is 0.315 e. The third-order valence-electron chi connectivity index (χ3n) is 2.45.